The Kier molecular flexibility index (Phi) is 5.89. The summed E-state index contributed by atoms with van der Waals surface area (Å²) in [6, 6.07) is 10.9. The highest BCUT2D eigenvalue weighted by Gasteiger charge is 2.10. The van der Waals surface area contributed by atoms with E-state index in [2.05, 4.69) is 4.74 Å². The van der Waals surface area contributed by atoms with Gasteiger partial charge in [-0.3, -0.25) is 4.79 Å². The molecule has 0 amide bonds. The minimum Gasteiger partial charge on any atom is -0.497 e. The van der Waals surface area contributed by atoms with E-state index in [4.69, 9.17) is 9.47 Å². The molecule has 0 bridgehead atoms. The van der Waals surface area contributed by atoms with E-state index in [1.165, 1.54) is 32.4 Å². The van der Waals surface area contributed by atoms with Gasteiger partial charge in [-0.1, -0.05) is 18.2 Å². The van der Waals surface area contributed by atoms with Crippen LogP contribution in [0.25, 0.3) is 6.08 Å². The number of halogens is 2. The molecule has 126 valence electrons. The van der Waals surface area contributed by atoms with Gasteiger partial charge < -0.3 is 14.2 Å². The molecule has 0 atom stereocenters. The molecule has 0 aliphatic heterocycles. The molecule has 4 nitrogen and oxygen atoms in total. The van der Waals surface area contributed by atoms with Crippen LogP contribution in [0, 0.1) is 0 Å². The molecule has 2 rings (SSSR count). The molecule has 0 radical (unpaired) electrons. The van der Waals surface area contributed by atoms with Gasteiger partial charge in [-0.2, -0.15) is 8.78 Å². The smallest absolute Gasteiger partial charge is 0.387 e. The van der Waals surface area contributed by atoms with Crippen molar-refractivity contribution in [1.29, 1.82) is 0 Å². The molecule has 0 heterocycles. The Morgan fingerprint density at radius 1 is 1.00 bits per heavy atom. The van der Waals surface area contributed by atoms with Crippen molar-refractivity contribution in [3.8, 4) is 17.2 Å². The standard InChI is InChI=1S/C18H16F2O4/c1-22-14-8-9-15(17(11-14)23-2)16(21)10-5-12-3-6-13(7-4-12)24-18(19)20/h3-11,18H,1-2H3/b10-5+. The fourth-order valence-corrected chi connectivity index (χ4v) is 2.02. The largest absolute Gasteiger partial charge is 0.497 e. The van der Waals surface area contributed by atoms with Crippen LogP contribution in [0.2, 0.25) is 0 Å². The molecule has 0 N–H and O–H groups in total. The summed E-state index contributed by atoms with van der Waals surface area (Å²) in [6.45, 7) is -2.87. The average molecular weight is 334 g/mol. The summed E-state index contributed by atoms with van der Waals surface area (Å²) < 4.78 is 38.7. The highest BCUT2D eigenvalue weighted by Crippen LogP contribution is 2.25. The molecule has 6 heteroatoms. The van der Waals surface area contributed by atoms with Gasteiger partial charge in [0.15, 0.2) is 5.78 Å². The SMILES string of the molecule is COc1ccc(C(=O)/C=C/c2ccc(OC(F)F)cc2)c(OC)c1. The van der Waals surface area contributed by atoms with E-state index in [-0.39, 0.29) is 11.5 Å². The van der Waals surface area contributed by atoms with Crippen LogP contribution in [0.4, 0.5) is 8.78 Å². The third-order valence-electron chi connectivity index (χ3n) is 3.21. The predicted octanol–water partition coefficient (Wildman–Crippen LogP) is 4.20. The average Bonchev–Trinajstić information content (AvgIpc) is 2.59. The molecule has 24 heavy (non-hydrogen) atoms. The summed E-state index contributed by atoms with van der Waals surface area (Å²) in [7, 11) is 2.99. The van der Waals surface area contributed by atoms with Crippen LogP contribution >= 0.6 is 0 Å². The van der Waals surface area contributed by atoms with E-state index in [9.17, 15) is 13.6 Å². The van der Waals surface area contributed by atoms with Crippen LogP contribution in [-0.2, 0) is 0 Å². The zero-order chi connectivity index (χ0) is 17.5. The summed E-state index contributed by atoms with van der Waals surface area (Å²) in [4.78, 5) is 12.3. The maximum absolute atomic E-state index is 12.3. The van der Waals surface area contributed by atoms with Crippen molar-refractivity contribution >= 4 is 11.9 Å². The van der Waals surface area contributed by atoms with Gasteiger partial charge in [-0.15, -0.1) is 0 Å². The first-order valence-electron chi connectivity index (χ1n) is 7.03. The van der Waals surface area contributed by atoms with Gasteiger partial charge in [0.2, 0.25) is 0 Å². The molecular weight excluding hydrogens is 318 g/mol. The summed E-state index contributed by atoms with van der Waals surface area (Å²) in [5.41, 5.74) is 1.07. The number of carbonyl (C=O) groups is 1. The zero-order valence-electron chi connectivity index (χ0n) is 13.2. The topological polar surface area (TPSA) is 44.8 Å². The summed E-state index contributed by atoms with van der Waals surface area (Å²) >= 11 is 0. The second-order valence-corrected chi connectivity index (χ2v) is 4.71. The fraction of sp³-hybridized carbons (Fsp3) is 0.167. The molecule has 2 aromatic carbocycles. The number of hydrogen-bond acceptors (Lipinski definition) is 4. The molecule has 0 saturated carbocycles. The van der Waals surface area contributed by atoms with Crippen molar-refractivity contribution < 1.29 is 27.8 Å². The Hall–Kier alpha value is -2.89. The van der Waals surface area contributed by atoms with Crippen LogP contribution in [0.5, 0.6) is 17.2 Å². The van der Waals surface area contributed by atoms with Gasteiger partial charge in [0.1, 0.15) is 17.2 Å². The van der Waals surface area contributed by atoms with E-state index < -0.39 is 6.61 Å². The van der Waals surface area contributed by atoms with Gasteiger partial charge in [0, 0.05) is 6.07 Å². The van der Waals surface area contributed by atoms with Crippen molar-refractivity contribution in [3.63, 3.8) is 0 Å². The predicted molar refractivity (Wildman–Crippen MR) is 86.0 cm³/mol. The van der Waals surface area contributed by atoms with E-state index >= 15 is 0 Å². The van der Waals surface area contributed by atoms with E-state index in [1.54, 1.807) is 36.4 Å². The van der Waals surface area contributed by atoms with Crippen LogP contribution in [0.3, 0.4) is 0 Å². The number of hydrogen-bond donors (Lipinski definition) is 0. The van der Waals surface area contributed by atoms with Crippen molar-refractivity contribution in [3.05, 3.63) is 59.7 Å². The second-order valence-electron chi connectivity index (χ2n) is 4.71. The van der Waals surface area contributed by atoms with Crippen molar-refractivity contribution in [2.75, 3.05) is 14.2 Å². The zero-order valence-corrected chi connectivity index (χ0v) is 13.2. The highest BCUT2D eigenvalue weighted by molar-refractivity contribution is 6.08. The Morgan fingerprint density at radius 3 is 2.25 bits per heavy atom. The number of allylic oxidation sites excluding steroid dienone is 1. The minimum absolute atomic E-state index is 0.0605. The van der Waals surface area contributed by atoms with Crippen molar-refractivity contribution in [1.82, 2.24) is 0 Å². The molecule has 0 aliphatic carbocycles. The second kappa shape index (κ2) is 8.10. The highest BCUT2D eigenvalue weighted by atomic mass is 19.3. The summed E-state index contributed by atoms with van der Waals surface area (Å²) in [5, 5.41) is 0. The molecule has 0 spiro atoms. The Balaban J connectivity index is 2.12. The number of methoxy groups -OCH3 is 2. The minimum atomic E-state index is -2.87. The maximum Gasteiger partial charge on any atom is 0.387 e. The lowest BCUT2D eigenvalue weighted by Gasteiger charge is -2.08. The van der Waals surface area contributed by atoms with Gasteiger partial charge in [0.05, 0.1) is 19.8 Å². The summed E-state index contributed by atoms with van der Waals surface area (Å²) in [6.07, 6.45) is 2.96. The molecule has 0 aliphatic rings. The first-order chi connectivity index (χ1) is 11.5. The number of alkyl halides is 2. The molecule has 0 unspecified atom stereocenters. The van der Waals surface area contributed by atoms with Crippen molar-refractivity contribution in [2.45, 2.75) is 6.61 Å². The quantitative estimate of drug-likeness (QED) is 0.562. The Morgan fingerprint density at radius 2 is 1.67 bits per heavy atom. The molecular formula is C18H16F2O4. The van der Waals surface area contributed by atoms with E-state index in [0.29, 0.717) is 22.6 Å². The molecule has 2 aromatic rings. The van der Waals surface area contributed by atoms with Crippen LogP contribution < -0.4 is 14.2 Å². The van der Waals surface area contributed by atoms with E-state index in [1.807, 2.05) is 0 Å². The normalized spacial score (nSPS) is 10.9. The lowest BCUT2D eigenvalue weighted by molar-refractivity contribution is -0.0498. The number of carbonyl (C=O) groups excluding carboxylic acids is 1. The lowest BCUT2D eigenvalue weighted by Crippen LogP contribution is -2.01. The van der Waals surface area contributed by atoms with Gasteiger partial charge in [0.25, 0.3) is 0 Å². The first-order valence-corrected chi connectivity index (χ1v) is 7.03. The maximum atomic E-state index is 12.3. The number of ether oxygens (including phenoxy) is 3. The molecule has 0 fully saturated rings. The molecule has 0 aromatic heterocycles. The Labute approximate surface area is 138 Å². The fourth-order valence-electron chi connectivity index (χ4n) is 2.02. The molecule has 0 saturated heterocycles. The van der Waals surface area contributed by atoms with Gasteiger partial charge in [-0.25, -0.2) is 0 Å². The van der Waals surface area contributed by atoms with Crippen LogP contribution in [-0.4, -0.2) is 26.6 Å². The van der Waals surface area contributed by atoms with E-state index in [0.717, 1.165) is 0 Å². The summed E-state index contributed by atoms with van der Waals surface area (Å²) in [5.74, 6) is 0.805. The van der Waals surface area contributed by atoms with Crippen LogP contribution in [0.15, 0.2) is 48.5 Å². The number of ketones is 1. The number of rotatable bonds is 7. The van der Waals surface area contributed by atoms with Crippen LogP contribution in [0.1, 0.15) is 15.9 Å². The van der Waals surface area contributed by atoms with Gasteiger partial charge >= 0.3 is 6.61 Å². The lowest BCUT2D eigenvalue weighted by atomic mass is 10.1. The third kappa shape index (κ3) is 4.55. The monoisotopic (exact) mass is 334 g/mol. The van der Waals surface area contributed by atoms with Gasteiger partial charge in [-0.05, 0) is 35.9 Å². The third-order valence-corrected chi connectivity index (χ3v) is 3.21. The van der Waals surface area contributed by atoms with Crippen molar-refractivity contribution in [2.24, 2.45) is 0 Å². The Bertz CT molecular complexity index is 724. The first kappa shape index (κ1) is 17.5. The number of benzene rings is 2.